The Morgan fingerprint density at radius 1 is 0.538 bits per heavy atom. The second kappa shape index (κ2) is 16.2. The molecule has 4 rings (SSSR count). The van der Waals surface area contributed by atoms with E-state index < -0.39 is 0 Å². The molecule has 0 aromatic heterocycles. The van der Waals surface area contributed by atoms with Crippen LogP contribution in [0.15, 0.2) is 58.5 Å². The van der Waals surface area contributed by atoms with Crippen LogP contribution in [0.5, 0.6) is 11.5 Å². The summed E-state index contributed by atoms with van der Waals surface area (Å²) in [7, 11) is 0. The number of nitrogens with two attached hydrogens (primary N) is 2. The van der Waals surface area contributed by atoms with E-state index in [4.69, 9.17) is 30.9 Å². The maximum absolute atomic E-state index is 6.28. The SMILES string of the molecule is NC(=NC1CCCCCC1)c1ccc(OCCCCCOc2ccc(C(N)=NC3CCCCCC3)cc2)cc1. The fourth-order valence-corrected chi connectivity index (χ4v) is 5.52. The Morgan fingerprint density at radius 3 is 1.26 bits per heavy atom. The monoisotopic (exact) mass is 532 g/mol. The summed E-state index contributed by atoms with van der Waals surface area (Å²) in [4.78, 5) is 9.58. The predicted molar refractivity (Wildman–Crippen MR) is 162 cm³/mol. The van der Waals surface area contributed by atoms with Crippen molar-refractivity contribution >= 4 is 11.7 Å². The van der Waals surface area contributed by atoms with Crippen LogP contribution in [0.25, 0.3) is 0 Å². The van der Waals surface area contributed by atoms with Crippen LogP contribution in [0, 0.1) is 0 Å². The molecule has 0 heterocycles. The number of amidine groups is 2. The molecule has 2 fully saturated rings. The third-order valence-electron chi connectivity index (χ3n) is 7.92. The fraction of sp³-hybridized carbons (Fsp3) is 0.576. The lowest BCUT2D eigenvalue weighted by molar-refractivity contribution is 0.279. The Bertz CT molecular complexity index is 933. The van der Waals surface area contributed by atoms with Crippen LogP contribution in [0.2, 0.25) is 0 Å². The summed E-state index contributed by atoms with van der Waals surface area (Å²) in [6.07, 6.45) is 18.0. The van der Waals surface area contributed by atoms with Gasteiger partial charge in [-0.1, -0.05) is 51.4 Å². The predicted octanol–water partition coefficient (Wildman–Crippen LogP) is 7.17. The average molecular weight is 533 g/mol. The Morgan fingerprint density at radius 2 is 0.897 bits per heavy atom. The zero-order valence-corrected chi connectivity index (χ0v) is 23.7. The molecule has 0 aliphatic heterocycles. The van der Waals surface area contributed by atoms with Gasteiger partial charge in [0.15, 0.2) is 0 Å². The van der Waals surface area contributed by atoms with Gasteiger partial charge in [-0.05, 0) is 93.5 Å². The zero-order valence-electron chi connectivity index (χ0n) is 23.7. The second-order valence-corrected chi connectivity index (χ2v) is 11.1. The molecular formula is C33H48N4O2. The molecule has 2 aliphatic rings. The number of aliphatic imine (C=N–C) groups is 2. The molecule has 0 spiro atoms. The van der Waals surface area contributed by atoms with E-state index in [0.29, 0.717) is 37.0 Å². The molecule has 0 amide bonds. The summed E-state index contributed by atoms with van der Waals surface area (Å²) in [5.41, 5.74) is 14.5. The number of rotatable bonds is 12. The van der Waals surface area contributed by atoms with Crippen molar-refractivity contribution in [1.82, 2.24) is 0 Å². The van der Waals surface area contributed by atoms with Crippen LogP contribution in [0.3, 0.4) is 0 Å². The number of benzene rings is 2. The average Bonchev–Trinajstić information content (AvgIpc) is 3.38. The minimum absolute atomic E-state index is 0.376. The van der Waals surface area contributed by atoms with Crippen molar-refractivity contribution < 1.29 is 9.47 Å². The lowest BCUT2D eigenvalue weighted by atomic mass is 10.1. The first-order valence-corrected chi connectivity index (χ1v) is 15.3. The van der Waals surface area contributed by atoms with E-state index in [-0.39, 0.29) is 0 Å². The molecule has 212 valence electrons. The smallest absolute Gasteiger partial charge is 0.125 e. The number of unbranched alkanes of at least 4 members (excludes halogenated alkanes) is 2. The van der Waals surface area contributed by atoms with Crippen molar-refractivity contribution in [3.05, 3.63) is 59.7 Å². The van der Waals surface area contributed by atoms with Crippen molar-refractivity contribution in [1.29, 1.82) is 0 Å². The van der Waals surface area contributed by atoms with Crippen LogP contribution in [0.4, 0.5) is 0 Å². The first kappa shape index (κ1) is 29.0. The quantitative estimate of drug-likeness (QED) is 0.131. The van der Waals surface area contributed by atoms with Crippen molar-refractivity contribution in [3.8, 4) is 11.5 Å². The molecule has 2 saturated carbocycles. The van der Waals surface area contributed by atoms with Gasteiger partial charge in [0.1, 0.15) is 23.2 Å². The number of hydrogen-bond acceptors (Lipinski definition) is 4. The highest BCUT2D eigenvalue weighted by Crippen LogP contribution is 2.22. The van der Waals surface area contributed by atoms with Gasteiger partial charge >= 0.3 is 0 Å². The summed E-state index contributed by atoms with van der Waals surface area (Å²) in [6, 6.07) is 16.8. The van der Waals surface area contributed by atoms with E-state index in [1.165, 1.54) is 51.4 Å². The molecule has 0 bridgehead atoms. The molecule has 2 aromatic rings. The van der Waals surface area contributed by atoms with Gasteiger partial charge in [-0.3, -0.25) is 9.98 Å². The largest absolute Gasteiger partial charge is 0.494 e. The lowest BCUT2D eigenvalue weighted by Crippen LogP contribution is -2.17. The Labute approximate surface area is 235 Å². The van der Waals surface area contributed by atoms with Crippen molar-refractivity contribution in [2.75, 3.05) is 13.2 Å². The maximum atomic E-state index is 6.28. The molecule has 0 saturated heterocycles. The molecule has 0 radical (unpaired) electrons. The van der Waals surface area contributed by atoms with E-state index in [9.17, 15) is 0 Å². The van der Waals surface area contributed by atoms with Gasteiger partial charge in [0.05, 0.1) is 25.3 Å². The third kappa shape index (κ3) is 10.2. The van der Waals surface area contributed by atoms with Gasteiger partial charge in [0.2, 0.25) is 0 Å². The highest BCUT2D eigenvalue weighted by Gasteiger charge is 2.13. The minimum Gasteiger partial charge on any atom is -0.494 e. The van der Waals surface area contributed by atoms with Gasteiger partial charge in [0, 0.05) is 11.1 Å². The molecule has 4 N–H and O–H groups in total. The van der Waals surface area contributed by atoms with E-state index >= 15 is 0 Å². The van der Waals surface area contributed by atoms with E-state index in [2.05, 4.69) is 0 Å². The molecule has 6 heteroatoms. The van der Waals surface area contributed by atoms with Gasteiger partial charge < -0.3 is 20.9 Å². The summed E-state index contributed by atoms with van der Waals surface area (Å²) in [5.74, 6) is 3.04. The maximum Gasteiger partial charge on any atom is 0.125 e. The molecule has 2 aliphatic carbocycles. The number of ether oxygens (including phenoxy) is 2. The van der Waals surface area contributed by atoms with E-state index in [1.807, 2.05) is 48.5 Å². The summed E-state index contributed by atoms with van der Waals surface area (Å²) >= 11 is 0. The normalized spacial score (nSPS) is 18.4. The van der Waals surface area contributed by atoms with Crippen LogP contribution in [-0.2, 0) is 0 Å². The fourth-order valence-electron chi connectivity index (χ4n) is 5.52. The highest BCUT2D eigenvalue weighted by molar-refractivity contribution is 5.98. The summed E-state index contributed by atoms with van der Waals surface area (Å²) in [6.45, 7) is 1.39. The van der Waals surface area contributed by atoms with Gasteiger partial charge in [0.25, 0.3) is 0 Å². The zero-order chi connectivity index (χ0) is 27.1. The summed E-state index contributed by atoms with van der Waals surface area (Å²) in [5, 5.41) is 0. The second-order valence-electron chi connectivity index (χ2n) is 11.1. The van der Waals surface area contributed by atoms with E-state index in [0.717, 1.165) is 67.6 Å². The lowest BCUT2D eigenvalue weighted by Gasteiger charge is -2.11. The summed E-state index contributed by atoms with van der Waals surface area (Å²) < 4.78 is 11.8. The van der Waals surface area contributed by atoms with Gasteiger partial charge in [-0.2, -0.15) is 0 Å². The first-order chi connectivity index (χ1) is 19.2. The molecular weight excluding hydrogens is 484 g/mol. The van der Waals surface area contributed by atoms with Crippen LogP contribution >= 0.6 is 0 Å². The Balaban J connectivity index is 1.09. The first-order valence-electron chi connectivity index (χ1n) is 15.3. The number of nitrogens with zero attached hydrogens (tertiary/aromatic N) is 2. The van der Waals surface area contributed by atoms with Crippen LogP contribution in [0.1, 0.15) is 107 Å². The molecule has 2 aromatic carbocycles. The molecule has 0 atom stereocenters. The van der Waals surface area contributed by atoms with Gasteiger partial charge in [-0.25, -0.2) is 0 Å². The highest BCUT2D eigenvalue weighted by atomic mass is 16.5. The molecule has 39 heavy (non-hydrogen) atoms. The molecule has 0 unspecified atom stereocenters. The van der Waals surface area contributed by atoms with Crippen LogP contribution in [-0.4, -0.2) is 37.0 Å². The standard InChI is InChI=1S/C33H48N4O2/c34-32(36-28-12-6-1-2-7-13-28)26-16-20-30(21-17-26)38-24-10-5-11-25-39-31-22-18-27(19-23-31)33(35)37-29-14-8-3-4-9-15-29/h16-23,28-29H,1-15,24-25H2,(H2,34,36)(H2,35,37). The topological polar surface area (TPSA) is 95.2 Å². The number of hydrogen-bond donors (Lipinski definition) is 2. The Hall–Kier alpha value is -3.02. The third-order valence-corrected chi connectivity index (χ3v) is 7.92. The van der Waals surface area contributed by atoms with Crippen LogP contribution < -0.4 is 20.9 Å². The minimum atomic E-state index is 0.376. The van der Waals surface area contributed by atoms with Crippen molar-refractivity contribution in [2.24, 2.45) is 21.5 Å². The molecule has 6 nitrogen and oxygen atoms in total. The Kier molecular flexibility index (Phi) is 12.0. The van der Waals surface area contributed by atoms with Crippen molar-refractivity contribution in [2.45, 2.75) is 108 Å². The van der Waals surface area contributed by atoms with E-state index in [1.54, 1.807) is 0 Å². The van der Waals surface area contributed by atoms with Gasteiger partial charge in [-0.15, -0.1) is 0 Å². The van der Waals surface area contributed by atoms with Crippen molar-refractivity contribution in [3.63, 3.8) is 0 Å².